The van der Waals surface area contributed by atoms with Gasteiger partial charge in [-0.2, -0.15) is 0 Å². The molecule has 0 aliphatic carbocycles. The van der Waals surface area contributed by atoms with Crippen LogP contribution in [0.1, 0.15) is 20.8 Å². The summed E-state index contributed by atoms with van der Waals surface area (Å²) in [5, 5.41) is 6.88. The number of ketones is 1. The Morgan fingerprint density at radius 2 is 2.00 bits per heavy atom. The average Bonchev–Trinajstić information content (AvgIpc) is 1.80. The fourth-order valence-electron chi connectivity index (χ4n) is 0.360. The highest BCUT2D eigenvalue weighted by Gasteiger charge is 2.20. The van der Waals surface area contributed by atoms with Crippen molar-refractivity contribution in [2.75, 3.05) is 5.75 Å². The van der Waals surface area contributed by atoms with Crippen LogP contribution in [-0.4, -0.2) is 16.7 Å². The molecule has 0 aromatic carbocycles. The Morgan fingerprint density at radius 1 is 1.55 bits per heavy atom. The van der Waals surface area contributed by atoms with E-state index in [1.807, 2.05) is 20.8 Å². The number of carbonyl (C=O) groups excluding carboxylic acids is 1. The van der Waals surface area contributed by atoms with Gasteiger partial charge in [-0.3, -0.25) is 10.2 Å². The summed E-state index contributed by atoms with van der Waals surface area (Å²) < 4.78 is 0. The van der Waals surface area contributed by atoms with Gasteiger partial charge in [-0.1, -0.05) is 32.5 Å². The molecule has 0 atom stereocenters. The summed E-state index contributed by atoms with van der Waals surface area (Å²) in [5.74, 6) is 0.427. The van der Waals surface area contributed by atoms with Crippen LogP contribution in [0.3, 0.4) is 0 Å². The summed E-state index contributed by atoms with van der Waals surface area (Å²) in [7, 11) is 0. The standard InChI is InChI=1S/C7H14N2OS/c1-7(2,3)5(10)4-11-6(8)9/h4H2,1-3H3,(H3,8,9). The highest BCUT2D eigenvalue weighted by molar-refractivity contribution is 8.14. The van der Waals surface area contributed by atoms with Gasteiger partial charge >= 0.3 is 0 Å². The van der Waals surface area contributed by atoms with Gasteiger partial charge in [0, 0.05) is 5.41 Å². The third-order valence-electron chi connectivity index (χ3n) is 1.20. The highest BCUT2D eigenvalue weighted by Crippen LogP contribution is 2.17. The minimum absolute atomic E-state index is 0.00241. The van der Waals surface area contributed by atoms with Gasteiger partial charge in [0.05, 0.1) is 5.75 Å². The molecule has 0 rings (SSSR count). The Balaban J connectivity index is 3.80. The van der Waals surface area contributed by atoms with E-state index in [0.717, 1.165) is 11.8 Å². The molecule has 0 aliphatic rings. The van der Waals surface area contributed by atoms with Crippen molar-refractivity contribution in [3.63, 3.8) is 0 Å². The Kier molecular flexibility index (Phi) is 3.58. The molecule has 0 aromatic heterocycles. The third kappa shape index (κ3) is 4.84. The Bertz CT molecular complexity index is 172. The predicted molar refractivity (Wildman–Crippen MR) is 48.8 cm³/mol. The quantitative estimate of drug-likeness (QED) is 0.488. The first-order valence-corrected chi connectivity index (χ1v) is 4.32. The van der Waals surface area contributed by atoms with Gasteiger partial charge in [0.1, 0.15) is 5.78 Å². The molecule has 64 valence electrons. The van der Waals surface area contributed by atoms with Crippen molar-refractivity contribution >= 4 is 22.7 Å². The lowest BCUT2D eigenvalue weighted by Gasteiger charge is -2.15. The first-order chi connectivity index (χ1) is 4.84. The van der Waals surface area contributed by atoms with Gasteiger partial charge in [-0.05, 0) is 0 Å². The maximum Gasteiger partial charge on any atom is 0.151 e. The number of nitrogens with two attached hydrogens (primary N) is 1. The van der Waals surface area contributed by atoms with Crippen molar-refractivity contribution in [3.05, 3.63) is 0 Å². The number of hydrogen-bond donors (Lipinski definition) is 2. The summed E-state index contributed by atoms with van der Waals surface area (Å²) in [6.07, 6.45) is 0. The zero-order chi connectivity index (χ0) is 9.07. The first kappa shape index (κ1) is 10.5. The summed E-state index contributed by atoms with van der Waals surface area (Å²) in [6, 6.07) is 0. The molecule has 0 bridgehead atoms. The van der Waals surface area contributed by atoms with Crippen molar-refractivity contribution in [1.29, 1.82) is 5.41 Å². The first-order valence-electron chi connectivity index (χ1n) is 3.34. The fourth-order valence-corrected chi connectivity index (χ4v) is 1.08. The maximum absolute atomic E-state index is 11.2. The van der Waals surface area contributed by atoms with E-state index in [0.29, 0.717) is 5.75 Å². The SMILES string of the molecule is CC(C)(C)C(=O)CSC(=N)N. The van der Waals surface area contributed by atoms with Crippen LogP contribution in [0.2, 0.25) is 0 Å². The van der Waals surface area contributed by atoms with Gasteiger partial charge in [0.2, 0.25) is 0 Å². The molecule has 0 saturated heterocycles. The third-order valence-corrected chi connectivity index (χ3v) is 1.91. The number of thioether (sulfide) groups is 1. The van der Waals surface area contributed by atoms with Crippen LogP contribution in [0.25, 0.3) is 0 Å². The second-order valence-corrected chi connectivity index (χ2v) is 4.34. The van der Waals surface area contributed by atoms with Crippen LogP contribution in [-0.2, 0) is 4.79 Å². The van der Waals surface area contributed by atoms with E-state index < -0.39 is 0 Å². The van der Waals surface area contributed by atoms with Crippen LogP contribution < -0.4 is 5.73 Å². The molecule has 0 aromatic rings. The largest absolute Gasteiger partial charge is 0.379 e. The van der Waals surface area contributed by atoms with Crippen LogP contribution in [0.4, 0.5) is 0 Å². The number of amidine groups is 1. The number of hydrogen-bond acceptors (Lipinski definition) is 3. The number of carbonyl (C=O) groups is 1. The fraction of sp³-hybridized carbons (Fsp3) is 0.714. The summed E-state index contributed by atoms with van der Waals surface area (Å²) >= 11 is 1.08. The monoisotopic (exact) mass is 174 g/mol. The molecule has 0 aliphatic heterocycles. The second kappa shape index (κ2) is 3.76. The van der Waals surface area contributed by atoms with Crippen LogP contribution in [0.15, 0.2) is 0 Å². The minimum atomic E-state index is -0.317. The molecule has 11 heavy (non-hydrogen) atoms. The average molecular weight is 174 g/mol. The molecule has 4 heteroatoms. The molecular weight excluding hydrogens is 160 g/mol. The van der Waals surface area contributed by atoms with Crippen molar-refractivity contribution in [1.82, 2.24) is 0 Å². The normalized spacial score (nSPS) is 11.2. The van der Waals surface area contributed by atoms with Gasteiger partial charge in [0.25, 0.3) is 0 Å². The van der Waals surface area contributed by atoms with Gasteiger partial charge in [0.15, 0.2) is 5.17 Å². The van der Waals surface area contributed by atoms with Crippen LogP contribution in [0.5, 0.6) is 0 Å². The number of nitrogens with one attached hydrogen (secondary N) is 1. The van der Waals surface area contributed by atoms with E-state index >= 15 is 0 Å². The Morgan fingerprint density at radius 3 is 2.27 bits per heavy atom. The van der Waals surface area contributed by atoms with E-state index in [1.54, 1.807) is 0 Å². The second-order valence-electron chi connectivity index (χ2n) is 3.33. The van der Waals surface area contributed by atoms with Crippen molar-refractivity contribution < 1.29 is 4.79 Å². The molecule has 0 fully saturated rings. The molecule has 3 nitrogen and oxygen atoms in total. The lowest BCUT2D eigenvalue weighted by Crippen LogP contribution is -2.23. The maximum atomic E-state index is 11.2. The van der Waals surface area contributed by atoms with E-state index in [-0.39, 0.29) is 16.4 Å². The molecule has 0 unspecified atom stereocenters. The molecule has 0 amide bonds. The Labute approximate surface area is 71.2 Å². The van der Waals surface area contributed by atoms with Gasteiger partial charge in [-0.25, -0.2) is 0 Å². The zero-order valence-corrected chi connectivity index (χ0v) is 7.92. The molecule has 0 spiro atoms. The van der Waals surface area contributed by atoms with E-state index in [4.69, 9.17) is 11.1 Å². The lowest BCUT2D eigenvalue weighted by atomic mass is 9.92. The van der Waals surface area contributed by atoms with Crippen LogP contribution in [0, 0.1) is 10.8 Å². The van der Waals surface area contributed by atoms with E-state index in [1.165, 1.54) is 0 Å². The smallest absolute Gasteiger partial charge is 0.151 e. The molecule has 3 N–H and O–H groups in total. The zero-order valence-electron chi connectivity index (χ0n) is 7.10. The van der Waals surface area contributed by atoms with Gasteiger partial charge < -0.3 is 5.73 Å². The summed E-state index contributed by atoms with van der Waals surface area (Å²) in [6.45, 7) is 5.57. The summed E-state index contributed by atoms with van der Waals surface area (Å²) in [5.41, 5.74) is 4.76. The molecule has 0 radical (unpaired) electrons. The molecule has 0 saturated carbocycles. The Hall–Kier alpha value is -0.510. The number of Topliss-reactive ketones (excluding diaryl/α,β-unsaturated/α-hetero) is 1. The molecular formula is C7H14N2OS. The van der Waals surface area contributed by atoms with Crippen molar-refractivity contribution in [3.8, 4) is 0 Å². The minimum Gasteiger partial charge on any atom is -0.379 e. The lowest BCUT2D eigenvalue weighted by molar-refractivity contribution is -0.123. The summed E-state index contributed by atoms with van der Waals surface area (Å²) in [4.78, 5) is 11.2. The van der Waals surface area contributed by atoms with Crippen molar-refractivity contribution in [2.45, 2.75) is 20.8 Å². The van der Waals surface area contributed by atoms with E-state index in [9.17, 15) is 4.79 Å². The van der Waals surface area contributed by atoms with E-state index in [2.05, 4.69) is 0 Å². The van der Waals surface area contributed by atoms with Crippen molar-refractivity contribution in [2.24, 2.45) is 11.1 Å². The van der Waals surface area contributed by atoms with Crippen LogP contribution >= 0.6 is 11.8 Å². The highest BCUT2D eigenvalue weighted by atomic mass is 32.2. The number of rotatable bonds is 2. The topological polar surface area (TPSA) is 66.9 Å². The molecule has 0 heterocycles. The predicted octanol–water partition coefficient (Wildman–Crippen LogP) is 1.23. The van der Waals surface area contributed by atoms with Gasteiger partial charge in [-0.15, -0.1) is 0 Å².